The molecule has 0 heterocycles. The molecule has 5 nitrogen and oxygen atoms in total. The van der Waals surface area contributed by atoms with E-state index in [0.717, 1.165) is 32.6 Å². The Bertz CT molecular complexity index is 235. The Morgan fingerprint density at radius 1 is 1.05 bits per heavy atom. The van der Waals surface area contributed by atoms with Gasteiger partial charge in [0.05, 0.1) is 0 Å². The Hall–Kier alpha value is -0.810. The first-order valence-corrected chi connectivity index (χ1v) is 7.94. The van der Waals surface area contributed by atoms with E-state index in [-0.39, 0.29) is 5.41 Å². The minimum atomic E-state index is -0.690. The van der Waals surface area contributed by atoms with Crippen molar-refractivity contribution >= 4 is 6.09 Å². The maximum absolute atomic E-state index is 10.9. The number of amides is 1. The monoisotopic (exact) mass is 287 g/mol. The van der Waals surface area contributed by atoms with Crippen molar-refractivity contribution in [1.82, 2.24) is 10.6 Å². The molecule has 0 fully saturated rings. The van der Waals surface area contributed by atoms with Crippen molar-refractivity contribution in [3.63, 3.8) is 0 Å². The Labute approximate surface area is 124 Å². The van der Waals surface area contributed by atoms with Crippen LogP contribution < -0.4 is 16.4 Å². The van der Waals surface area contributed by atoms with E-state index in [9.17, 15) is 4.79 Å². The van der Waals surface area contributed by atoms with E-state index in [2.05, 4.69) is 31.4 Å². The Morgan fingerprint density at radius 2 is 1.55 bits per heavy atom. The van der Waals surface area contributed by atoms with Gasteiger partial charge in [-0.15, -0.1) is 0 Å². The summed E-state index contributed by atoms with van der Waals surface area (Å²) in [6, 6.07) is 0. The molecule has 0 aromatic carbocycles. The van der Waals surface area contributed by atoms with E-state index in [1.807, 2.05) is 0 Å². The second-order valence-corrected chi connectivity index (χ2v) is 5.52. The molecule has 0 saturated carbocycles. The standard InChI is InChI=1S/C15H33N3O2/c1-4-7-9-17-11-15(6-3,13-20-14(16)19)12-18-10-8-5-2/h17-18H,4-13H2,1-3H3,(H2,16,19). The van der Waals surface area contributed by atoms with Crippen LogP contribution in [0.5, 0.6) is 0 Å². The molecule has 5 heteroatoms. The van der Waals surface area contributed by atoms with E-state index < -0.39 is 6.09 Å². The van der Waals surface area contributed by atoms with E-state index in [1.54, 1.807) is 0 Å². The molecule has 4 N–H and O–H groups in total. The van der Waals surface area contributed by atoms with Crippen LogP contribution in [0, 0.1) is 5.41 Å². The summed E-state index contributed by atoms with van der Waals surface area (Å²) in [7, 11) is 0. The molecule has 0 aromatic rings. The Kier molecular flexibility index (Phi) is 11.5. The number of carbonyl (C=O) groups is 1. The van der Waals surface area contributed by atoms with Crippen LogP contribution in [0.1, 0.15) is 52.9 Å². The number of rotatable bonds is 13. The van der Waals surface area contributed by atoms with Gasteiger partial charge in [0.2, 0.25) is 0 Å². The molecule has 0 atom stereocenters. The van der Waals surface area contributed by atoms with Gasteiger partial charge in [0.25, 0.3) is 0 Å². The molecule has 0 rings (SSSR count). The van der Waals surface area contributed by atoms with Gasteiger partial charge < -0.3 is 21.1 Å². The number of nitrogens with one attached hydrogen (secondary N) is 2. The van der Waals surface area contributed by atoms with Gasteiger partial charge in [-0.05, 0) is 32.4 Å². The topological polar surface area (TPSA) is 76.4 Å². The van der Waals surface area contributed by atoms with Crippen molar-refractivity contribution in [2.45, 2.75) is 52.9 Å². The molecular weight excluding hydrogens is 254 g/mol. The molecule has 0 aliphatic rings. The van der Waals surface area contributed by atoms with Crippen LogP contribution in [0.3, 0.4) is 0 Å². The van der Waals surface area contributed by atoms with Crippen molar-refractivity contribution in [3.05, 3.63) is 0 Å². The summed E-state index contributed by atoms with van der Waals surface area (Å²) in [5.41, 5.74) is 5.03. The predicted octanol–water partition coefficient (Wildman–Crippen LogP) is 2.26. The fraction of sp³-hybridized carbons (Fsp3) is 0.933. The fourth-order valence-electron chi connectivity index (χ4n) is 2.05. The molecular formula is C15H33N3O2. The third kappa shape index (κ3) is 9.15. The zero-order valence-corrected chi connectivity index (χ0v) is 13.5. The van der Waals surface area contributed by atoms with Gasteiger partial charge in [-0.2, -0.15) is 0 Å². The van der Waals surface area contributed by atoms with E-state index in [1.165, 1.54) is 25.7 Å². The van der Waals surface area contributed by atoms with Gasteiger partial charge in [0.15, 0.2) is 0 Å². The highest BCUT2D eigenvalue weighted by Crippen LogP contribution is 2.21. The maximum Gasteiger partial charge on any atom is 0.404 e. The number of nitrogens with two attached hydrogens (primary N) is 1. The minimum absolute atomic E-state index is 0.0729. The van der Waals surface area contributed by atoms with E-state index >= 15 is 0 Å². The highest BCUT2D eigenvalue weighted by molar-refractivity contribution is 5.64. The second-order valence-electron chi connectivity index (χ2n) is 5.52. The van der Waals surface area contributed by atoms with Crippen LogP contribution in [0.25, 0.3) is 0 Å². The van der Waals surface area contributed by atoms with Crippen molar-refractivity contribution in [3.8, 4) is 0 Å². The number of hydrogen-bond acceptors (Lipinski definition) is 4. The maximum atomic E-state index is 10.9. The lowest BCUT2D eigenvalue weighted by atomic mass is 9.85. The van der Waals surface area contributed by atoms with Crippen LogP contribution in [0.2, 0.25) is 0 Å². The second kappa shape index (κ2) is 12.0. The molecule has 0 aliphatic carbocycles. The quantitative estimate of drug-likeness (QED) is 0.454. The Morgan fingerprint density at radius 3 is 1.90 bits per heavy atom. The molecule has 120 valence electrons. The largest absolute Gasteiger partial charge is 0.449 e. The number of hydrogen-bond donors (Lipinski definition) is 3. The molecule has 1 amide bonds. The van der Waals surface area contributed by atoms with Gasteiger partial charge in [0.1, 0.15) is 6.61 Å². The predicted molar refractivity (Wildman–Crippen MR) is 83.8 cm³/mol. The van der Waals surface area contributed by atoms with Crippen LogP contribution >= 0.6 is 0 Å². The Balaban J connectivity index is 4.31. The van der Waals surface area contributed by atoms with Crippen LogP contribution in [-0.2, 0) is 4.74 Å². The first-order valence-electron chi connectivity index (χ1n) is 7.94. The summed E-state index contributed by atoms with van der Waals surface area (Å²) in [5.74, 6) is 0. The molecule has 0 spiro atoms. The normalized spacial score (nSPS) is 11.6. The SMILES string of the molecule is CCCCNCC(CC)(CNCCCC)COC(N)=O. The van der Waals surface area contributed by atoms with Gasteiger partial charge in [-0.1, -0.05) is 33.6 Å². The number of primary amides is 1. The van der Waals surface area contributed by atoms with E-state index in [0.29, 0.717) is 6.61 Å². The summed E-state index contributed by atoms with van der Waals surface area (Å²) in [4.78, 5) is 10.9. The van der Waals surface area contributed by atoms with Gasteiger partial charge in [0, 0.05) is 18.5 Å². The molecule has 0 bridgehead atoms. The first kappa shape index (κ1) is 19.2. The van der Waals surface area contributed by atoms with Crippen molar-refractivity contribution in [1.29, 1.82) is 0 Å². The van der Waals surface area contributed by atoms with Crippen molar-refractivity contribution < 1.29 is 9.53 Å². The zero-order valence-electron chi connectivity index (χ0n) is 13.5. The minimum Gasteiger partial charge on any atom is -0.449 e. The van der Waals surface area contributed by atoms with Crippen LogP contribution in [-0.4, -0.2) is 38.9 Å². The third-order valence-electron chi connectivity index (χ3n) is 3.68. The molecule has 0 aliphatic heterocycles. The van der Waals surface area contributed by atoms with Crippen LogP contribution in [0.4, 0.5) is 4.79 Å². The lowest BCUT2D eigenvalue weighted by Crippen LogP contribution is -2.46. The van der Waals surface area contributed by atoms with Crippen molar-refractivity contribution in [2.75, 3.05) is 32.8 Å². The highest BCUT2D eigenvalue weighted by atomic mass is 16.5. The van der Waals surface area contributed by atoms with Crippen molar-refractivity contribution in [2.24, 2.45) is 11.1 Å². The first-order chi connectivity index (χ1) is 9.60. The number of ether oxygens (including phenoxy) is 1. The average molecular weight is 287 g/mol. The average Bonchev–Trinajstić information content (AvgIpc) is 2.45. The molecule has 0 radical (unpaired) electrons. The van der Waals surface area contributed by atoms with Gasteiger partial charge in [-0.25, -0.2) is 4.79 Å². The lowest BCUT2D eigenvalue weighted by Gasteiger charge is -2.32. The van der Waals surface area contributed by atoms with E-state index in [4.69, 9.17) is 10.5 Å². The smallest absolute Gasteiger partial charge is 0.404 e. The summed E-state index contributed by atoms with van der Waals surface area (Å²) < 4.78 is 5.07. The molecule has 20 heavy (non-hydrogen) atoms. The molecule has 0 aromatic heterocycles. The highest BCUT2D eigenvalue weighted by Gasteiger charge is 2.29. The summed E-state index contributed by atoms with van der Waals surface area (Å²) in [5, 5.41) is 6.94. The molecule has 0 saturated heterocycles. The summed E-state index contributed by atoms with van der Waals surface area (Å²) in [6.07, 6.45) is 4.94. The molecule has 0 unspecified atom stereocenters. The van der Waals surface area contributed by atoms with Crippen LogP contribution in [0.15, 0.2) is 0 Å². The van der Waals surface area contributed by atoms with Gasteiger partial charge in [-0.3, -0.25) is 0 Å². The van der Waals surface area contributed by atoms with Gasteiger partial charge >= 0.3 is 6.09 Å². The number of unbranched alkanes of at least 4 members (excludes halogenated alkanes) is 2. The lowest BCUT2D eigenvalue weighted by molar-refractivity contribution is 0.0828. The zero-order chi connectivity index (χ0) is 15.3. The summed E-state index contributed by atoms with van der Waals surface area (Å²) in [6.45, 7) is 10.6. The third-order valence-corrected chi connectivity index (χ3v) is 3.68. The fourth-order valence-corrected chi connectivity index (χ4v) is 2.05. The number of carbonyl (C=O) groups excluding carboxylic acids is 1. The summed E-state index contributed by atoms with van der Waals surface area (Å²) >= 11 is 0.